The average molecular weight is 334 g/mol. The third-order valence-electron chi connectivity index (χ3n) is 2.78. The zero-order chi connectivity index (χ0) is 13.5. The molecule has 0 radical (unpaired) electrons. The quantitative estimate of drug-likeness (QED) is 0.845. The Kier molecular flexibility index (Phi) is 3.71. The second-order valence-corrected chi connectivity index (χ2v) is 6.90. The second kappa shape index (κ2) is 4.83. The van der Waals surface area contributed by atoms with Gasteiger partial charge in [0, 0.05) is 7.05 Å². The Morgan fingerprint density at radius 3 is 2.83 bits per heavy atom. The van der Waals surface area contributed by atoms with Crippen molar-refractivity contribution in [2.45, 2.75) is 25.2 Å². The third kappa shape index (κ3) is 2.87. The van der Waals surface area contributed by atoms with E-state index in [2.05, 4.69) is 20.8 Å². The maximum absolute atomic E-state index is 10.9. The number of anilines is 1. The molecule has 100 valence electrons. The number of rotatable bonds is 2. The first-order valence-corrected chi connectivity index (χ1v) is 7.65. The van der Waals surface area contributed by atoms with Crippen molar-refractivity contribution in [1.82, 2.24) is 0 Å². The Labute approximate surface area is 118 Å². The molecule has 0 amide bonds. The van der Waals surface area contributed by atoms with Crippen LogP contribution in [0.5, 0.6) is 5.75 Å². The van der Waals surface area contributed by atoms with E-state index in [9.17, 15) is 4.21 Å². The van der Waals surface area contributed by atoms with Crippen molar-refractivity contribution in [3.05, 3.63) is 22.2 Å². The monoisotopic (exact) mass is 333 g/mol. The van der Waals surface area contributed by atoms with Gasteiger partial charge in [-0.1, -0.05) is 0 Å². The van der Waals surface area contributed by atoms with Crippen molar-refractivity contribution in [2.24, 2.45) is 0 Å². The molecule has 1 atom stereocenters. The number of fused-ring (bicyclic) bond motifs is 1. The van der Waals surface area contributed by atoms with Crippen LogP contribution in [0.15, 0.2) is 16.6 Å². The van der Waals surface area contributed by atoms with Crippen LogP contribution in [0, 0.1) is 0 Å². The second-order valence-electron chi connectivity index (χ2n) is 5.11. The van der Waals surface area contributed by atoms with Crippen molar-refractivity contribution in [2.75, 3.05) is 18.5 Å². The van der Waals surface area contributed by atoms with E-state index in [1.807, 2.05) is 33.0 Å². The summed E-state index contributed by atoms with van der Waals surface area (Å²) in [5.41, 5.74) is 1.52. The van der Waals surface area contributed by atoms with Gasteiger partial charge in [-0.25, -0.2) is 4.21 Å². The van der Waals surface area contributed by atoms with E-state index in [0.717, 1.165) is 28.0 Å². The zero-order valence-corrected chi connectivity index (χ0v) is 13.0. The predicted octanol–water partition coefficient (Wildman–Crippen LogP) is 2.78. The summed E-state index contributed by atoms with van der Waals surface area (Å²) in [5, 5.41) is 0. The minimum Gasteiger partial charge on any atom is -0.483 e. The molecule has 1 aromatic rings. The first kappa shape index (κ1) is 13.8. The van der Waals surface area contributed by atoms with Crippen molar-refractivity contribution in [3.63, 3.8) is 0 Å². The smallest absolute Gasteiger partial charge is 0.157 e. The van der Waals surface area contributed by atoms with E-state index in [-0.39, 0.29) is 11.4 Å². The Bertz CT molecular complexity index is 504. The molecule has 6 heteroatoms. The summed E-state index contributed by atoms with van der Waals surface area (Å²) >= 11 is 1.64. The van der Waals surface area contributed by atoms with Gasteiger partial charge in [0.15, 0.2) is 16.8 Å². The maximum Gasteiger partial charge on any atom is 0.157 e. The van der Waals surface area contributed by atoms with E-state index in [0.29, 0.717) is 0 Å². The van der Waals surface area contributed by atoms with E-state index in [1.165, 1.54) is 0 Å². The molecule has 1 heterocycles. The van der Waals surface area contributed by atoms with Crippen LogP contribution in [-0.2, 0) is 16.8 Å². The molecule has 18 heavy (non-hydrogen) atoms. The van der Waals surface area contributed by atoms with Gasteiger partial charge in [-0.05, 0) is 47.5 Å². The lowest BCUT2D eigenvalue weighted by Gasteiger charge is -2.39. The summed E-state index contributed by atoms with van der Waals surface area (Å²) in [4.78, 5) is 2.10. The van der Waals surface area contributed by atoms with Gasteiger partial charge in [-0.15, -0.1) is 0 Å². The molecule has 2 rings (SSSR count). The third-order valence-corrected chi connectivity index (χ3v) is 3.95. The van der Waals surface area contributed by atoms with Gasteiger partial charge in [0.2, 0.25) is 0 Å². The van der Waals surface area contributed by atoms with Gasteiger partial charge in [0.05, 0.1) is 22.5 Å². The summed E-state index contributed by atoms with van der Waals surface area (Å²) in [5.74, 6) is 0.921. The van der Waals surface area contributed by atoms with Gasteiger partial charge in [0.1, 0.15) is 5.60 Å². The normalized spacial score (nSPS) is 19.1. The van der Waals surface area contributed by atoms with Crippen molar-refractivity contribution in [3.8, 4) is 5.75 Å². The number of hydrogen-bond acceptors (Lipinski definition) is 3. The van der Waals surface area contributed by atoms with Gasteiger partial charge in [-0.2, -0.15) is 0 Å². The number of benzene rings is 1. The van der Waals surface area contributed by atoms with Crippen molar-refractivity contribution >= 4 is 32.7 Å². The highest BCUT2D eigenvalue weighted by atomic mass is 79.9. The van der Waals surface area contributed by atoms with Crippen LogP contribution in [0.1, 0.15) is 19.4 Å². The van der Waals surface area contributed by atoms with Gasteiger partial charge < -0.3 is 14.2 Å². The van der Waals surface area contributed by atoms with Crippen LogP contribution in [0.3, 0.4) is 0 Å². The van der Waals surface area contributed by atoms with Gasteiger partial charge in [0.25, 0.3) is 0 Å². The topological polar surface area (TPSA) is 49.8 Å². The fraction of sp³-hybridized carbons (Fsp3) is 0.500. The largest absolute Gasteiger partial charge is 0.483 e. The van der Waals surface area contributed by atoms with Crippen molar-refractivity contribution < 1.29 is 13.5 Å². The van der Waals surface area contributed by atoms with E-state index < -0.39 is 11.1 Å². The number of hydrogen-bond donors (Lipinski definition) is 1. The Hall–Kier alpha value is -0.590. The first-order chi connectivity index (χ1) is 8.28. The Balaban J connectivity index is 2.45. The maximum atomic E-state index is 10.9. The Morgan fingerprint density at radius 2 is 2.22 bits per heavy atom. The molecule has 0 aliphatic carbocycles. The van der Waals surface area contributed by atoms with E-state index in [1.54, 1.807) is 0 Å². The van der Waals surface area contributed by atoms with E-state index in [4.69, 9.17) is 9.29 Å². The van der Waals surface area contributed by atoms with Crippen LogP contribution >= 0.6 is 15.9 Å². The fourth-order valence-corrected chi connectivity index (χ4v) is 3.24. The fourth-order valence-electron chi connectivity index (χ4n) is 2.21. The average Bonchev–Trinajstić information content (AvgIpc) is 2.18. The molecule has 0 fully saturated rings. The van der Waals surface area contributed by atoms with Crippen molar-refractivity contribution in [1.29, 1.82) is 0 Å². The molecule has 0 saturated carbocycles. The minimum atomic E-state index is -1.83. The number of ether oxygens (including phenoxy) is 1. The molecular formula is C12H16BrNO3S. The number of nitrogens with zero attached hydrogens (tertiary/aromatic N) is 1. The number of halogens is 1. The predicted molar refractivity (Wildman–Crippen MR) is 76.6 cm³/mol. The summed E-state index contributed by atoms with van der Waals surface area (Å²) < 4.78 is 26.6. The van der Waals surface area contributed by atoms with E-state index >= 15 is 0 Å². The molecular weight excluding hydrogens is 318 g/mol. The van der Waals surface area contributed by atoms with Crippen LogP contribution in [0.2, 0.25) is 0 Å². The zero-order valence-electron chi connectivity index (χ0n) is 10.6. The van der Waals surface area contributed by atoms with Gasteiger partial charge >= 0.3 is 0 Å². The highest BCUT2D eigenvalue weighted by molar-refractivity contribution is 9.10. The summed E-state index contributed by atoms with van der Waals surface area (Å²) in [6.45, 7) is 4.85. The number of likely N-dealkylation sites (N-methyl/N-ethyl adjacent to an activating group) is 1. The van der Waals surface area contributed by atoms with Crippen LogP contribution in [0.4, 0.5) is 5.69 Å². The summed E-state index contributed by atoms with van der Waals surface area (Å²) in [6.07, 6.45) is 0. The molecule has 1 aliphatic rings. The molecule has 0 bridgehead atoms. The lowest BCUT2D eigenvalue weighted by Crippen LogP contribution is -2.45. The Morgan fingerprint density at radius 1 is 1.56 bits per heavy atom. The lowest BCUT2D eigenvalue weighted by molar-refractivity contribution is 0.106. The molecule has 4 nitrogen and oxygen atoms in total. The standard InChI is InChI=1S/C12H16BrNO3S/c1-12(2)7-14(3)10-5-8(6-18(15)16)4-9(13)11(10)17-12/h4-5H,6-7H2,1-3H3,(H,15,16). The molecule has 0 aromatic heterocycles. The SMILES string of the molecule is CN1CC(C)(C)Oc2c(Br)cc(CS(=O)O)cc21. The molecule has 0 spiro atoms. The van der Waals surface area contributed by atoms with Crippen LogP contribution in [0.25, 0.3) is 0 Å². The summed E-state index contributed by atoms with van der Waals surface area (Å²) in [7, 11) is 2.00. The molecule has 1 aromatic carbocycles. The van der Waals surface area contributed by atoms with Gasteiger partial charge in [-0.3, -0.25) is 0 Å². The summed E-state index contributed by atoms with van der Waals surface area (Å²) in [6, 6.07) is 3.74. The molecule has 1 unspecified atom stereocenters. The molecule has 1 aliphatic heterocycles. The molecule has 1 N–H and O–H groups in total. The highest BCUT2D eigenvalue weighted by Gasteiger charge is 2.31. The highest BCUT2D eigenvalue weighted by Crippen LogP contribution is 2.42. The van der Waals surface area contributed by atoms with Crippen LogP contribution in [-0.4, -0.2) is 28.0 Å². The first-order valence-electron chi connectivity index (χ1n) is 5.58. The molecule has 0 saturated heterocycles. The lowest BCUT2D eigenvalue weighted by atomic mass is 10.0. The minimum absolute atomic E-state index is 0.128. The van der Waals surface area contributed by atoms with Crippen LogP contribution < -0.4 is 9.64 Å².